The fourth-order valence-electron chi connectivity index (χ4n) is 10.9. The van der Waals surface area contributed by atoms with E-state index in [1.807, 2.05) is 38.4 Å². The van der Waals surface area contributed by atoms with Crippen molar-refractivity contribution >= 4 is 52.1 Å². The summed E-state index contributed by atoms with van der Waals surface area (Å²) in [4.78, 5) is 76.2. The summed E-state index contributed by atoms with van der Waals surface area (Å²) in [6, 6.07) is 4.15. The number of unbranched alkanes of at least 4 members (excludes halogenated alkanes) is 8. The van der Waals surface area contributed by atoms with Crippen LogP contribution in [0.5, 0.6) is 0 Å². The van der Waals surface area contributed by atoms with Gasteiger partial charge in [-0.15, -0.1) is 0 Å². The summed E-state index contributed by atoms with van der Waals surface area (Å²) in [6.07, 6.45) is 20.5. The summed E-state index contributed by atoms with van der Waals surface area (Å²) < 4.78 is 0. The van der Waals surface area contributed by atoms with Gasteiger partial charge in [-0.25, -0.2) is 4.99 Å². The lowest BCUT2D eigenvalue weighted by Gasteiger charge is -2.30. The number of allylic oxidation sites excluding steroid dienone is 6. The number of likely N-dealkylation sites (tertiary alicyclic amines) is 1. The molecule has 2 aliphatic carbocycles. The summed E-state index contributed by atoms with van der Waals surface area (Å²) >= 11 is 0. The van der Waals surface area contributed by atoms with Crippen LogP contribution >= 0.6 is 0 Å². The van der Waals surface area contributed by atoms with Crippen molar-refractivity contribution in [2.45, 2.75) is 215 Å². The molecule has 1 aromatic rings. The van der Waals surface area contributed by atoms with Gasteiger partial charge in [-0.1, -0.05) is 120 Å². The Morgan fingerprint density at radius 3 is 1.69 bits per heavy atom. The van der Waals surface area contributed by atoms with Crippen molar-refractivity contribution < 1.29 is 29.1 Å². The predicted molar refractivity (Wildman–Crippen MR) is 295 cm³/mol. The SMILES string of the molecule is CCCCC(CC)CNC(=O)CCCCCCC(=O)N=C1C=C2C(=C/C1=C1\C(=O)C(c3cc4c(cc3NC(=O)CCCCCCC(=O)NCC(CC)CCCC)N(C)C(C)C4(C)C)=C1O)C(C)(C)C(C)N2C. The summed E-state index contributed by atoms with van der Waals surface area (Å²) in [5.74, 6) is 0.188. The van der Waals surface area contributed by atoms with Crippen molar-refractivity contribution in [3.8, 4) is 0 Å². The van der Waals surface area contributed by atoms with Gasteiger partial charge in [0.05, 0.1) is 22.5 Å². The van der Waals surface area contributed by atoms with Crippen LogP contribution in [0.3, 0.4) is 0 Å². The molecule has 2 aliphatic heterocycles. The Kier molecular flexibility index (Phi) is 21.1. The Bertz CT molecular complexity index is 2300. The molecule has 0 saturated carbocycles. The minimum absolute atomic E-state index is 0.0870. The smallest absolute Gasteiger partial charge is 0.246 e. The Hall–Kier alpha value is -5.00. The van der Waals surface area contributed by atoms with Crippen LogP contribution in [0, 0.1) is 17.3 Å². The molecule has 398 valence electrons. The molecule has 4 amide bonds. The molecule has 0 radical (unpaired) electrons. The lowest BCUT2D eigenvalue weighted by Crippen LogP contribution is -2.36. The van der Waals surface area contributed by atoms with Crippen molar-refractivity contribution in [2.24, 2.45) is 22.2 Å². The molecular weight excluding hydrogens is 901 g/mol. The van der Waals surface area contributed by atoms with E-state index in [4.69, 9.17) is 0 Å². The van der Waals surface area contributed by atoms with Crippen LogP contribution in [0.1, 0.15) is 209 Å². The quantitative estimate of drug-likeness (QED) is 0.0477. The fraction of sp³-hybridized carbons (Fsp3) is 0.667. The Morgan fingerprint density at radius 1 is 0.667 bits per heavy atom. The largest absolute Gasteiger partial charge is 0.506 e. The van der Waals surface area contributed by atoms with Crippen molar-refractivity contribution in [3.63, 3.8) is 0 Å². The molecule has 12 nitrogen and oxygen atoms in total. The van der Waals surface area contributed by atoms with E-state index >= 15 is 0 Å². The number of aliphatic imine (C=N–C) groups is 1. The van der Waals surface area contributed by atoms with Crippen LogP contribution < -0.4 is 20.9 Å². The summed E-state index contributed by atoms with van der Waals surface area (Å²) in [6.45, 7) is 23.2. The van der Waals surface area contributed by atoms with E-state index in [0.29, 0.717) is 60.1 Å². The van der Waals surface area contributed by atoms with Crippen LogP contribution in [0.25, 0.3) is 5.57 Å². The van der Waals surface area contributed by atoms with E-state index in [-0.39, 0.29) is 82.1 Å². The number of anilines is 2. The van der Waals surface area contributed by atoms with Gasteiger partial charge in [0.2, 0.25) is 29.4 Å². The number of likely N-dealkylation sites (N-methyl/N-ethyl adjacent to an activating group) is 2. The van der Waals surface area contributed by atoms with Crippen LogP contribution in [-0.4, -0.2) is 84.4 Å². The summed E-state index contributed by atoms with van der Waals surface area (Å²) in [5, 5.41) is 21.5. The first-order valence-electron chi connectivity index (χ1n) is 28.0. The zero-order chi connectivity index (χ0) is 52.9. The monoisotopic (exact) mass is 993 g/mol. The van der Waals surface area contributed by atoms with E-state index in [1.54, 1.807) is 0 Å². The molecule has 5 rings (SSSR count). The topological polar surface area (TPSA) is 161 Å². The van der Waals surface area contributed by atoms with E-state index in [9.17, 15) is 29.1 Å². The molecule has 2 heterocycles. The number of carbonyl (C=O) groups is 5. The number of aliphatic hydroxyl groups excluding tert-OH is 1. The van der Waals surface area contributed by atoms with Gasteiger partial charge in [0, 0.05) is 98.3 Å². The number of rotatable bonds is 28. The zero-order valence-corrected chi connectivity index (χ0v) is 46.5. The fourth-order valence-corrected chi connectivity index (χ4v) is 10.9. The Morgan fingerprint density at radius 2 is 1.18 bits per heavy atom. The van der Waals surface area contributed by atoms with Gasteiger partial charge in [0.1, 0.15) is 5.76 Å². The van der Waals surface area contributed by atoms with Gasteiger partial charge in [0.25, 0.3) is 0 Å². The minimum atomic E-state index is -0.369. The van der Waals surface area contributed by atoms with E-state index in [2.05, 4.69) is 100.0 Å². The third-order valence-electron chi connectivity index (χ3n) is 17.0. The van der Waals surface area contributed by atoms with Gasteiger partial charge in [0.15, 0.2) is 0 Å². The maximum absolute atomic E-state index is 14.8. The number of carbonyl (C=O) groups excluding carboxylic acids is 5. The van der Waals surface area contributed by atoms with E-state index < -0.39 is 0 Å². The van der Waals surface area contributed by atoms with Crippen LogP contribution in [0.4, 0.5) is 11.4 Å². The molecule has 72 heavy (non-hydrogen) atoms. The molecule has 0 aromatic heterocycles. The molecule has 4 unspecified atom stereocenters. The van der Waals surface area contributed by atoms with Crippen LogP contribution in [-0.2, 0) is 29.4 Å². The average Bonchev–Trinajstić information content (AvgIpc) is 3.62. The van der Waals surface area contributed by atoms with Crippen LogP contribution in [0.15, 0.2) is 57.5 Å². The Balaban J connectivity index is 1.32. The third-order valence-corrected chi connectivity index (χ3v) is 17.0. The second-order valence-corrected chi connectivity index (χ2v) is 22.6. The van der Waals surface area contributed by atoms with Gasteiger partial charge in [-0.2, -0.15) is 0 Å². The average molecular weight is 993 g/mol. The lowest BCUT2D eigenvalue weighted by molar-refractivity contribution is -0.122. The van der Waals surface area contributed by atoms with Crippen molar-refractivity contribution in [1.82, 2.24) is 15.5 Å². The Labute approximate surface area is 433 Å². The van der Waals surface area contributed by atoms with Crippen molar-refractivity contribution in [3.05, 3.63) is 63.6 Å². The standard InChI is InChI=1S/C60H92N6O6/c1-13-17-27-41(15-3)37-61-51(67)29-23-19-21-25-31-53(69)63-47-35-49-45(59(7,8)39(5)65(49)11)33-43(47)55-57(71)56(58(55)72)44-34-46-50(66(12)40(6)60(46,9)10)36-48(44)64-54(70)32-26-22-20-24-30-52(68)62-38-42(16-4)28-18-14-2/h33-36,39-42,71H,13-32,37-38H2,1-12H3,(H,61,67)(H,62,68)(H,63,69)/b56-44+,64-48?. The number of amides is 4. The molecule has 4 aliphatic rings. The van der Waals surface area contributed by atoms with E-state index in [1.165, 1.54) is 12.8 Å². The molecular formula is C60H92N6O6. The number of hydrogen-bond acceptors (Lipinski definition) is 8. The highest BCUT2D eigenvalue weighted by atomic mass is 16.3. The number of hydrogen-bond donors (Lipinski definition) is 4. The number of benzene rings is 1. The third kappa shape index (κ3) is 13.8. The number of nitrogens with one attached hydrogen (secondary N) is 3. The summed E-state index contributed by atoms with van der Waals surface area (Å²) in [7, 11) is 4.06. The molecule has 12 heteroatoms. The molecule has 4 N–H and O–H groups in total. The van der Waals surface area contributed by atoms with Gasteiger partial charge < -0.3 is 30.9 Å². The number of aliphatic hydroxyl groups is 1. The van der Waals surface area contributed by atoms with Gasteiger partial charge in [-0.05, 0) is 99.6 Å². The molecule has 1 saturated heterocycles. The van der Waals surface area contributed by atoms with Crippen molar-refractivity contribution in [2.75, 3.05) is 37.4 Å². The minimum Gasteiger partial charge on any atom is -0.506 e. The molecule has 4 atom stereocenters. The molecule has 1 fully saturated rings. The molecule has 0 spiro atoms. The number of nitrogens with zero attached hydrogens (tertiary/aromatic N) is 3. The highest BCUT2D eigenvalue weighted by Crippen LogP contribution is 2.52. The van der Waals surface area contributed by atoms with Crippen LogP contribution in [0.2, 0.25) is 0 Å². The summed E-state index contributed by atoms with van der Waals surface area (Å²) in [5.41, 5.74) is 5.27. The first-order valence-corrected chi connectivity index (χ1v) is 28.0. The second kappa shape index (κ2) is 26.3. The lowest BCUT2D eigenvalue weighted by atomic mass is 9.73. The number of ketones is 1. The molecule has 1 aromatic carbocycles. The maximum Gasteiger partial charge on any atom is 0.246 e. The van der Waals surface area contributed by atoms with Gasteiger partial charge in [-0.3, -0.25) is 24.0 Å². The molecule has 0 bridgehead atoms. The first-order chi connectivity index (χ1) is 34.2. The van der Waals surface area contributed by atoms with Crippen molar-refractivity contribution in [1.29, 1.82) is 0 Å². The highest BCUT2D eigenvalue weighted by molar-refractivity contribution is 6.42. The predicted octanol–water partition coefficient (Wildman–Crippen LogP) is 12.4. The first kappa shape index (κ1) is 57.9. The number of fused-ring (bicyclic) bond motifs is 2. The van der Waals surface area contributed by atoms with Gasteiger partial charge >= 0.3 is 0 Å². The second-order valence-electron chi connectivity index (χ2n) is 22.6. The normalized spacial score (nSPS) is 21.2. The maximum atomic E-state index is 14.8. The number of Topliss-reactive ketones (excluding diaryl/α,β-unsaturated/α-hetero) is 1. The zero-order valence-electron chi connectivity index (χ0n) is 46.5. The van der Waals surface area contributed by atoms with E-state index in [0.717, 1.165) is 113 Å². The highest BCUT2D eigenvalue weighted by Gasteiger charge is 2.48.